The molecule has 2 atom stereocenters. The first-order valence-electron chi connectivity index (χ1n) is 8.40. The van der Waals surface area contributed by atoms with Crippen molar-refractivity contribution in [1.29, 1.82) is 0 Å². The summed E-state index contributed by atoms with van der Waals surface area (Å²) in [5.74, 6) is 0.701. The second kappa shape index (κ2) is 7.75. The molecule has 2 aromatic heterocycles. The Bertz CT molecular complexity index is 883. The van der Waals surface area contributed by atoms with Crippen molar-refractivity contribution in [3.8, 4) is 11.4 Å². The van der Waals surface area contributed by atoms with Gasteiger partial charge >= 0.3 is 0 Å². The standard InChI is InChI=1S/C16H21N5O3S2/c1-3-21-14(12-4-7-17-8-5-12)19-20-16(21)25-11(2)15(22)18-13-6-9-26(23,24)10-13/h4-5,7-8,11,13H,3,6,9-10H2,1-2H3,(H,18,22)/t11-,13-/m1/s1. The van der Waals surface area contributed by atoms with Crippen molar-refractivity contribution >= 4 is 27.5 Å². The summed E-state index contributed by atoms with van der Waals surface area (Å²) in [6.07, 6.45) is 3.87. The van der Waals surface area contributed by atoms with Gasteiger partial charge in [0.05, 0.1) is 16.8 Å². The van der Waals surface area contributed by atoms with E-state index in [1.807, 2.05) is 23.6 Å². The van der Waals surface area contributed by atoms with Gasteiger partial charge in [0.15, 0.2) is 20.8 Å². The molecule has 10 heteroatoms. The predicted octanol–water partition coefficient (Wildman–Crippen LogP) is 1.14. The number of sulfone groups is 1. The molecule has 1 amide bonds. The molecule has 1 aliphatic heterocycles. The second-order valence-electron chi connectivity index (χ2n) is 6.15. The number of pyridine rings is 1. The normalized spacial score (nSPS) is 20.0. The second-order valence-corrected chi connectivity index (χ2v) is 9.69. The Morgan fingerprint density at radius 1 is 1.38 bits per heavy atom. The molecule has 8 nitrogen and oxygen atoms in total. The molecular formula is C16H21N5O3S2. The Balaban J connectivity index is 1.68. The highest BCUT2D eigenvalue weighted by atomic mass is 32.2. The van der Waals surface area contributed by atoms with Gasteiger partial charge in [-0.15, -0.1) is 10.2 Å². The topological polar surface area (TPSA) is 107 Å². The van der Waals surface area contributed by atoms with E-state index in [0.717, 1.165) is 11.4 Å². The number of aromatic nitrogens is 4. The van der Waals surface area contributed by atoms with Crippen molar-refractivity contribution in [2.75, 3.05) is 11.5 Å². The summed E-state index contributed by atoms with van der Waals surface area (Å²) in [5, 5.41) is 11.5. The summed E-state index contributed by atoms with van der Waals surface area (Å²) in [6.45, 7) is 4.44. The Morgan fingerprint density at radius 2 is 2.12 bits per heavy atom. The zero-order chi connectivity index (χ0) is 18.7. The molecule has 26 heavy (non-hydrogen) atoms. The molecule has 0 unspecified atom stereocenters. The minimum atomic E-state index is -3.02. The lowest BCUT2D eigenvalue weighted by Crippen LogP contribution is -2.40. The van der Waals surface area contributed by atoms with Crippen LogP contribution in [0.25, 0.3) is 11.4 Å². The molecule has 0 bridgehead atoms. The number of amides is 1. The van der Waals surface area contributed by atoms with Crippen molar-refractivity contribution in [3.05, 3.63) is 24.5 Å². The van der Waals surface area contributed by atoms with Crippen molar-refractivity contribution in [1.82, 2.24) is 25.1 Å². The van der Waals surface area contributed by atoms with Gasteiger partial charge in [-0.25, -0.2) is 8.42 Å². The number of carbonyl (C=O) groups excluding carboxylic acids is 1. The Hall–Kier alpha value is -1.94. The molecule has 140 valence electrons. The van der Waals surface area contributed by atoms with E-state index in [9.17, 15) is 13.2 Å². The highest BCUT2D eigenvalue weighted by Gasteiger charge is 2.30. The summed E-state index contributed by atoms with van der Waals surface area (Å²) in [6, 6.07) is 3.43. The van der Waals surface area contributed by atoms with E-state index >= 15 is 0 Å². The molecule has 3 heterocycles. The van der Waals surface area contributed by atoms with Crippen LogP contribution in [0.1, 0.15) is 20.3 Å². The first-order valence-corrected chi connectivity index (χ1v) is 11.1. The first kappa shape index (κ1) is 18.8. The van der Waals surface area contributed by atoms with Crippen LogP contribution >= 0.6 is 11.8 Å². The maximum atomic E-state index is 12.4. The van der Waals surface area contributed by atoms with Gasteiger partial charge in [-0.2, -0.15) is 0 Å². The van der Waals surface area contributed by atoms with Crippen molar-refractivity contribution in [2.24, 2.45) is 0 Å². The van der Waals surface area contributed by atoms with Gasteiger partial charge < -0.3 is 9.88 Å². The van der Waals surface area contributed by atoms with Crippen molar-refractivity contribution < 1.29 is 13.2 Å². The Kier molecular flexibility index (Phi) is 5.61. The van der Waals surface area contributed by atoms with E-state index in [-0.39, 0.29) is 23.5 Å². The lowest BCUT2D eigenvalue weighted by molar-refractivity contribution is -0.120. The fraction of sp³-hybridized carbons (Fsp3) is 0.500. The third-order valence-electron chi connectivity index (χ3n) is 4.20. The number of nitrogens with one attached hydrogen (secondary N) is 1. The highest BCUT2D eigenvalue weighted by molar-refractivity contribution is 8.00. The van der Waals surface area contributed by atoms with Crippen LogP contribution in [0.2, 0.25) is 0 Å². The number of hydrogen-bond donors (Lipinski definition) is 1. The van der Waals surface area contributed by atoms with E-state index in [4.69, 9.17) is 0 Å². The number of carbonyl (C=O) groups is 1. The minimum Gasteiger partial charge on any atom is -0.351 e. The highest BCUT2D eigenvalue weighted by Crippen LogP contribution is 2.26. The number of thioether (sulfide) groups is 1. The third-order valence-corrected chi connectivity index (χ3v) is 7.05. The molecule has 0 radical (unpaired) electrons. The first-order chi connectivity index (χ1) is 12.4. The maximum Gasteiger partial charge on any atom is 0.233 e. The van der Waals surface area contributed by atoms with Gasteiger partial charge in [-0.1, -0.05) is 11.8 Å². The van der Waals surface area contributed by atoms with Crippen LogP contribution in [-0.4, -0.2) is 56.9 Å². The summed E-state index contributed by atoms with van der Waals surface area (Å²) >= 11 is 1.31. The van der Waals surface area contributed by atoms with Crippen LogP contribution in [0, 0.1) is 0 Å². The largest absolute Gasteiger partial charge is 0.351 e. The van der Waals surface area contributed by atoms with Crippen LogP contribution in [0.3, 0.4) is 0 Å². The van der Waals surface area contributed by atoms with Gasteiger partial charge in [-0.05, 0) is 32.4 Å². The van der Waals surface area contributed by atoms with Gasteiger partial charge in [0.1, 0.15) is 0 Å². The zero-order valence-corrected chi connectivity index (χ0v) is 16.3. The van der Waals surface area contributed by atoms with Crippen LogP contribution in [0.15, 0.2) is 29.7 Å². The molecular weight excluding hydrogens is 374 g/mol. The average molecular weight is 396 g/mol. The Labute approximate surface area is 156 Å². The van der Waals surface area contributed by atoms with Gasteiger partial charge in [-0.3, -0.25) is 9.78 Å². The minimum absolute atomic E-state index is 0.0213. The lowest BCUT2D eigenvalue weighted by Gasteiger charge is -2.15. The maximum absolute atomic E-state index is 12.4. The summed E-state index contributed by atoms with van der Waals surface area (Å²) < 4.78 is 25.0. The molecule has 1 aliphatic rings. The summed E-state index contributed by atoms with van der Waals surface area (Å²) in [4.78, 5) is 16.4. The SMILES string of the molecule is CCn1c(S[C@H](C)C(=O)N[C@@H]2CCS(=O)(=O)C2)nnc1-c1ccncc1. The van der Waals surface area contributed by atoms with E-state index in [1.54, 1.807) is 19.3 Å². The van der Waals surface area contributed by atoms with E-state index in [2.05, 4.69) is 20.5 Å². The van der Waals surface area contributed by atoms with Crippen LogP contribution < -0.4 is 5.32 Å². The van der Waals surface area contributed by atoms with Crippen LogP contribution in [0.4, 0.5) is 0 Å². The molecule has 0 aliphatic carbocycles. The summed E-state index contributed by atoms with van der Waals surface area (Å²) in [5.41, 5.74) is 0.912. The zero-order valence-electron chi connectivity index (χ0n) is 14.6. The van der Waals surface area contributed by atoms with E-state index in [0.29, 0.717) is 18.1 Å². The predicted molar refractivity (Wildman–Crippen MR) is 99.4 cm³/mol. The fourth-order valence-electron chi connectivity index (χ4n) is 2.81. The quantitative estimate of drug-likeness (QED) is 0.731. The molecule has 3 rings (SSSR count). The van der Waals surface area contributed by atoms with Gasteiger partial charge in [0.2, 0.25) is 5.91 Å². The molecule has 1 saturated heterocycles. The van der Waals surface area contributed by atoms with Gasteiger partial charge in [0.25, 0.3) is 0 Å². The summed E-state index contributed by atoms with van der Waals surface area (Å²) in [7, 11) is -3.02. The molecule has 1 N–H and O–H groups in total. The van der Waals surface area contributed by atoms with E-state index in [1.165, 1.54) is 11.8 Å². The number of nitrogens with zero attached hydrogens (tertiary/aromatic N) is 4. The van der Waals surface area contributed by atoms with Crippen LogP contribution in [-0.2, 0) is 21.2 Å². The molecule has 2 aromatic rings. The monoisotopic (exact) mass is 395 g/mol. The molecule has 0 saturated carbocycles. The van der Waals surface area contributed by atoms with E-state index < -0.39 is 15.1 Å². The lowest BCUT2D eigenvalue weighted by atomic mass is 10.2. The fourth-order valence-corrected chi connectivity index (χ4v) is 5.41. The number of rotatable bonds is 6. The molecule has 0 aromatic carbocycles. The van der Waals surface area contributed by atoms with Gasteiger partial charge in [0, 0.05) is 30.5 Å². The van der Waals surface area contributed by atoms with Crippen molar-refractivity contribution in [2.45, 2.75) is 43.3 Å². The van der Waals surface area contributed by atoms with Crippen molar-refractivity contribution in [3.63, 3.8) is 0 Å². The average Bonchev–Trinajstić information content (AvgIpc) is 3.17. The molecule has 0 spiro atoms. The van der Waals surface area contributed by atoms with Crippen LogP contribution in [0.5, 0.6) is 0 Å². The molecule has 1 fully saturated rings. The number of hydrogen-bond acceptors (Lipinski definition) is 7. The third kappa shape index (κ3) is 4.24. The smallest absolute Gasteiger partial charge is 0.233 e. The Morgan fingerprint density at radius 3 is 2.73 bits per heavy atom.